The number of fused-ring (bicyclic) bond motifs is 1. The first kappa shape index (κ1) is 17.5. The average molecular weight is 364 g/mol. The van der Waals surface area contributed by atoms with Gasteiger partial charge in [-0.3, -0.25) is 0 Å². The van der Waals surface area contributed by atoms with Gasteiger partial charge in [-0.1, -0.05) is 30.3 Å². The number of benzene rings is 2. The lowest BCUT2D eigenvalue weighted by Crippen LogP contribution is -2.37. The SMILES string of the molecule is COc1ccc2[nH]cc(C[C@H]3CCCN3C(=O)OCc3ccccc3)c2c1. The maximum absolute atomic E-state index is 12.6. The second-order valence-electron chi connectivity index (χ2n) is 6.96. The van der Waals surface area contributed by atoms with Gasteiger partial charge in [-0.25, -0.2) is 4.79 Å². The van der Waals surface area contributed by atoms with Gasteiger partial charge in [0, 0.05) is 29.7 Å². The summed E-state index contributed by atoms with van der Waals surface area (Å²) in [6.07, 6.45) is 4.64. The van der Waals surface area contributed by atoms with Crippen LogP contribution in [0.2, 0.25) is 0 Å². The van der Waals surface area contributed by atoms with E-state index < -0.39 is 0 Å². The number of nitrogens with zero attached hydrogens (tertiary/aromatic N) is 1. The van der Waals surface area contributed by atoms with Crippen LogP contribution < -0.4 is 4.74 Å². The Morgan fingerprint density at radius 3 is 2.89 bits per heavy atom. The minimum absolute atomic E-state index is 0.165. The molecule has 0 spiro atoms. The Morgan fingerprint density at radius 1 is 1.22 bits per heavy atom. The molecule has 2 aromatic carbocycles. The number of hydrogen-bond donors (Lipinski definition) is 1. The number of hydrogen-bond acceptors (Lipinski definition) is 3. The van der Waals surface area contributed by atoms with Gasteiger partial charge in [0.2, 0.25) is 0 Å². The van der Waals surface area contributed by atoms with Gasteiger partial charge in [-0.2, -0.15) is 0 Å². The molecule has 0 aliphatic carbocycles. The number of nitrogens with one attached hydrogen (secondary N) is 1. The zero-order chi connectivity index (χ0) is 18.6. The van der Waals surface area contributed by atoms with E-state index in [4.69, 9.17) is 9.47 Å². The van der Waals surface area contributed by atoms with Crippen LogP contribution >= 0.6 is 0 Å². The molecule has 3 aromatic rings. The molecule has 0 bridgehead atoms. The van der Waals surface area contributed by atoms with Crippen LogP contribution in [-0.2, 0) is 17.8 Å². The molecule has 0 unspecified atom stereocenters. The topological polar surface area (TPSA) is 54.6 Å². The number of aromatic amines is 1. The number of likely N-dealkylation sites (tertiary alicyclic amines) is 1. The van der Waals surface area contributed by atoms with Crippen LogP contribution in [0.25, 0.3) is 10.9 Å². The molecule has 5 heteroatoms. The number of carbonyl (C=O) groups excluding carboxylic acids is 1. The number of carbonyl (C=O) groups is 1. The molecule has 1 aliphatic rings. The van der Waals surface area contributed by atoms with Crippen LogP contribution in [0, 0.1) is 0 Å². The van der Waals surface area contributed by atoms with Crippen LogP contribution in [0.1, 0.15) is 24.0 Å². The molecule has 1 saturated heterocycles. The second-order valence-corrected chi connectivity index (χ2v) is 6.96. The van der Waals surface area contributed by atoms with Gasteiger partial charge in [0.05, 0.1) is 7.11 Å². The highest BCUT2D eigenvalue weighted by atomic mass is 16.6. The summed E-state index contributed by atoms with van der Waals surface area (Å²) in [5.74, 6) is 0.842. The van der Waals surface area contributed by atoms with E-state index in [1.807, 2.05) is 59.6 Å². The van der Waals surface area contributed by atoms with Gasteiger partial charge in [0.15, 0.2) is 0 Å². The van der Waals surface area contributed by atoms with Crippen molar-refractivity contribution in [3.63, 3.8) is 0 Å². The number of methoxy groups -OCH3 is 1. The Morgan fingerprint density at radius 2 is 2.07 bits per heavy atom. The summed E-state index contributed by atoms with van der Waals surface area (Å²) in [4.78, 5) is 17.8. The van der Waals surface area contributed by atoms with Crippen molar-refractivity contribution in [3.8, 4) is 5.75 Å². The highest BCUT2D eigenvalue weighted by Gasteiger charge is 2.30. The van der Waals surface area contributed by atoms with Crippen molar-refractivity contribution in [2.75, 3.05) is 13.7 Å². The van der Waals surface area contributed by atoms with E-state index in [2.05, 4.69) is 4.98 Å². The fraction of sp³-hybridized carbons (Fsp3) is 0.318. The maximum Gasteiger partial charge on any atom is 0.410 e. The normalized spacial score (nSPS) is 16.6. The van der Waals surface area contributed by atoms with Crippen LogP contribution in [0.4, 0.5) is 4.79 Å². The van der Waals surface area contributed by atoms with Crippen molar-refractivity contribution in [3.05, 3.63) is 65.9 Å². The molecule has 1 atom stereocenters. The smallest absolute Gasteiger partial charge is 0.410 e. The summed E-state index contributed by atoms with van der Waals surface area (Å²) in [6, 6.07) is 16.0. The molecule has 1 aromatic heterocycles. The summed E-state index contributed by atoms with van der Waals surface area (Å²) in [5, 5.41) is 1.15. The van der Waals surface area contributed by atoms with Gasteiger partial charge in [0.25, 0.3) is 0 Å². The molecule has 5 nitrogen and oxygen atoms in total. The molecule has 1 fully saturated rings. The standard InChI is InChI=1S/C22H24N2O3/c1-26-19-9-10-21-20(13-19)17(14-23-21)12-18-8-5-11-24(18)22(25)27-15-16-6-3-2-4-7-16/h2-4,6-7,9-10,13-14,18,23H,5,8,11-12,15H2,1H3/t18-/m1/s1. The third-order valence-electron chi connectivity index (χ3n) is 5.25. The molecular formula is C22H24N2O3. The number of amides is 1. The maximum atomic E-state index is 12.6. The third kappa shape index (κ3) is 3.77. The average Bonchev–Trinajstić information content (AvgIpc) is 3.34. The Kier molecular flexibility index (Phi) is 5.01. The van der Waals surface area contributed by atoms with Crippen LogP contribution in [0.3, 0.4) is 0 Å². The Bertz CT molecular complexity index is 920. The molecule has 1 aliphatic heterocycles. The van der Waals surface area contributed by atoms with E-state index in [0.717, 1.165) is 48.0 Å². The molecule has 0 radical (unpaired) electrons. The van der Waals surface area contributed by atoms with Gasteiger partial charge < -0.3 is 19.4 Å². The van der Waals surface area contributed by atoms with E-state index in [0.29, 0.717) is 6.61 Å². The van der Waals surface area contributed by atoms with Crippen molar-refractivity contribution in [1.82, 2.24) is 9.88 Å². The summed E-state index contributed by atoms with van der Waals surface area (Å²) < 4.78 is 10.9. The first-order valence-corrected chi connectivity index (χ1v) is 9.36. The lowest BCUT2D eigenvalue weighted by atomic mass is 10.0. The van der Waals surface area contributed by atoms with Crippen molar-refractivity contribution in [2.45, 2.75) is 31.9 Å². The van der Waals surface area contributed by atoms with E-state index in [-0.39, 0.29) is 12.1 Å². The molecule has 1 N–H and O–H groups in total. The van der Waals surface area contributed by atoms with Gasteiger partial charge in [0.1, 0.15) is 12.4 Å². The quantitative estimate of drug-likeness (QED) is 0.724. The first-order valence-electron chi connectivity index (χ1n) is 9.36. The highest BCUT2D eigenvalue weighted by molar-refractivity contribution is 5.84. The largest absolute Gasteiger partial charge is 0.497 e. The number of H-pyrrole nitrogens is 1. The predicted octanol–water partition coefficient (Wildman–Crippen LogP) is 4.52. The predicted molar refractivity (Wildman–Crippen MR) is 105 cm³/mol. The van der Waals surface area contributed by atoms with Gasteiger partial charge in [-0.15, -0.1) is 0 Å². The molecule has 2 heterocycles. The van der Waals surface area contributed by atoms with Crippen molar-refractivity contribution >= 4 is 17.0 Å². The number of aromatic nitrogens is 1. The molecule has 1 amide bonds. The monoisotopic (exact) mass is 364 g/mol. The van der Waals surface area contributed by atoms with Crippen molar-refractivity contribution < 1.29 is 14.3 Å². The zero-order valence-corrected chi connectivity index (χ0v) is 15.5. The lowest BCUT2D eigenvalue weighted by molar-refractivity contribution is 0.0921. The second kappa shape index (κ2) is 7.74. The summed E-state index contributed by atoms with van der Waals surface area (Å²) in [6.45, 7) is 1.07. The van der Waals surface area contributed by atoms with Crippen molar-refractivity contribution in [1.29, 1.82) is 0 Å². The molecule has 140 valence electrons. The Balaban J connectivity index is 1.44. The van der Waals surface area contributed by atoms with E-state index >= 15 is 0 Å². The van der Waals surface area contributed by atoms with E-state index in [9.17, 15) is 4.79 Å². The third-order valence-corrected chi connectivity index (χ3v) is 5.25. The minimum Gasteiger partial charge on any atom is -0.497 e. The number of rotatable bonds is 5. The summed E-state index contributed by atoms with van der Waals surface area (Å²) in [5.41, 5.74) is 3.30. The molecule has 4 rings (SSSR count). The highest BCUT2D eigenvalue weighted by Crippen LogP contribution is 2.28. The Labute approximate surface area is 158 Å². The van der Waals surface area contributed by atoms with Crippen LogP contribution in [0.5, 0.6) is 5.75 Å². The molecule has 27 heavy (non-hydrogen) atoms. The fourth-order valence-electron chi connectivity index (χ4n) is 3.80. The fourth-order valence-corrected chi connectivity index (χ4v) is 3.80. The zero-order valence-electron chi connectivity index (χ0n) is 15.5. The lowest BCUT2D eigenvalue weighted by Gasteiger charge is -2.24. The van der Waals surface area contributed by atoms with Gasteiger partial charge >= 0.3 is 6.09 Å². The van der Waals surface area contributed by atoms with Crippen molar-refractivity contribution in [2.24, 2.45) is 0 Å². The van der Waals surface area contributed by atoms with Crippen LogP contribution in [0.15, 0.2) is 54.7 Å². The summed E-state index contributed by atoms with van der Waals surface area (Å²) in [7, 11) is 1.68. The van der Waals surface area contributed by atoms with E-state index in [1.165, 1.54) is 5.56 Å². The first-order chi connectivity index (χ1) is 13.2. The Hall–Kier alpha value is -2.95. The molecular weight excluding hydrogens is 340 g/mol. The van der Waals surface area contributed by atoms with Gasteiger partial charge in [-0.05, 0) is 48.6 Å². The van der Waals surface area contributed by atoms with Crippen LogP contribution in [-0.4, -0.2) is 35.7 Å². The van der Waals surface area contributed by atoms with E-state index in [1.54, 1.807) is 7.11 Å². The minimum atomic E-state index is -0.223. The number of ether oxygens (including phenoxy) is 2. The molecule has 0 saturated carbocycles. The summed E-state index contributed by atoms with van der Waals surface area (Å²) >= 11 is 0.